The van der Waals surface area contributed by atoms with Crippen molar-refractivity contribution >= 4 is 35.3 Å². The van der Waals surface area contributed by atoms with E-state index in [1.165, 1.54) is 32.3 Å². The predicted octanol–water partition coefficient (Wildman–Crippen LogP) is 2.89. The number of non-ortho nitro benzene ring substituents is 1. The Bertz CT molecular complexity index is 1100. The van der Waals surface area contributed by atoms with Gasteiger partial charge in [-0.1, -0.05) is 0 Å². The van der Waals surface area contributed by atoms with Crippen molar-refractivity contribution in [3.63, 3.8) is 0 Å². The number of nitro benzene ring substituents is 1. The lowest BCUT2D eigenvalue weighted by Gasteiger charge is -2.28. The van der Waals surface area contributed by atoms with Gasteiger partial charge in [-0.15, -0.1) is 0 Å². The summed E-state index contributed by atoms with van der Waals surface area (Å²) < 4.78 is 5.85. The minimum atomic E-state index is -0.723. The molecule has 0 N–H and O–H groups in total. The molecule has 1 aromatic carbocycles. The van der Waals surface area contributed by atoms with Gasteiger partial charge in [0, 0.05) is 50.6 Å². The third-order valence-electron chi connectivity index (χ3n) is 5.46. The number of likely N-dealkylation sites (N-methyl/N-ethyl adjacent to an activating group) is 2. The summed E-state index contributed by atoms with van der Waals surface area (Å²) in [5.74, 6) is -0.842. The molecule has 10 nitrogen and oxygen atoms in total. The molecule has 160 valence electrons. The van der Waals surface area contributed by atoms with E-state index in [0.717, 1.165) is 41.4 Å². The Morgan fingerprint density at radius 1 is 1.00 bits per heavy atom. The van der Waals surface area contributed by atoms with Gasteiger partial charge in [-0.05, 0) is 37.1 Å². The normalized spacial score (nSPS) is 17.0. The molecule has 4 amide bonds. The Morgan fingerprint density at radius 2 is 1.65 bits per heavy atom. The number of carbonyl (C=O) groups excluding carboxylic acids is 3. The van der Waals surface area contributed by atoms with Crippen LogP contribution in [0.15, 0.2) is 40.3 Å². The lowest BCUT2D eigenvalue weighted by molar-refractivity contribution is -0.384. The fourth-order valence-electron chi connectivity index (χ4n) is 3.76. The number of barbiturate groups is 1. The summed E-state index contributed by atoms with van der Waals surface area (Å²) in [4.78, 5) is 51.3. The Kier molecular flexibility index (Phi) is 5.05. The zero-order valence-corrected chi connectivity index (χ0v) is 17.0. The van der Waals surface area contributed by atoms with Crippen LogP contribution in [-0.4, -0.2) is 59.8 Å². The molecule has 0 aliphatic carbocycles. The molecule has 2 aliphatic rings. The second-order valence-electron chi connectivity index (χ2n) is 7.42. The second-order valence-corrected chi connectivity index (χ2v) is 7.42. The quantitative estimate of drug-likeness (QED) is 0.321. The van der Waals surface area contributed by atoms with Crippen molar-refractivity contribution < 1.29 is 23.7 Å². The van der Waals surface area contributed by atoms with E-state index in [1.54, 1.807) is 18.2 Å². The molecule has 2 aromatic rings. The molecule has 1 aromatic heterocycles. The van der Waals surface area contributed by atoms with E-state index in [1.807, 2.05) is 0 Å². The fraction of sp³-hybridized carbons (Fsp3) is 0.286. The second kappa shape index (κ2) is 7.71. The van der Waals surface area contributed by atoms with E-state index in [9.17, 15) is 24.5 Å². The minimum absolute atomic E-state index is 0.0614. The maximum atomic E-state index is 12.4. The molecule has 0 spiro atoms. The molecule has 3 heterocycles. The molecule has 0 unspecified atom stereocenters. The Morgan fingerprint density at radius 3 is 2.26 bits per heavy atom. The van der Waals surface area contributed by atoms with E-state index in [0.29, 0.717) is 11.3 Å². The van der Waals surface area contributed by atoms with Gasteiger partial charge < -0.3 is 9.32 Å². The molecule has 0 radical (unpaired) electrons. The molecule has 0 atom stereocenters. The maximum absolute atomic E-state index is 12.4. The summed E-state index contributed by atoms with van der Waals surface area (Å²) in [6.07, 6.45) is 3.35. The van der Waals surface area contributed by atoms with Gasteiger partial charge in [0.05, 0.1) is 4.92 Å². The zero-order valence-electron chi connectivity index (χ0n) is 17.0. The summed E-state index contributed by atoms with van der Waals surface area (Å²) in [6, 6.07) is 7.14. The molecular weight excluding hydrogens is 404 g/mol. The lowest BCUT2D eigenvalue weighted by atomic mass is 10.1. The van der Waals surface area contributed by atoms with Gasteiger partial charge in [0.25, 0.3) is 17.5 Å². The number of benzene rings is 1. The van der Waals surface area contributed by atoms with Crippen molar-refractivity contribution in [2.24, 2.45) is 0 Å². The van der Waals surface area contributed by atoms with Crippen molar-refractivity contribution in [2.45, 2.75) is 12.8 Å². The first-order valence-electron chi connectivity index (χ1n) is 9.73. The molecule has 31 heavy (non-hydrogen) atoms. The number of furan rings is 1. The average Bonchev–Trinajstić information content (AvgIpc) is 3.46. The van der Waals surface area contributed by atoms with E-state index in [4.69, 9.17) is 4.42 Å². The molecule has 0 bridgehead atoms. The number of rotatable bonds is 4. The van der Waals surface area contributed by atoms with Gasteiger partial charge >= 0.3 is 6.03 Å². The molecule has 2 fully saturated rings. The van der Waals surface area contributed by atoms with Crippen LogP contribution in [0.4, 0.5) is 16.2 Å². The largest absolute Gasteiger partial charge is 0.457 e. The summed E-state index contributed by atoms with van der Waals surface area (Å²) in [6.45, 7) is 1.69. The first-order chi connectivity index (χ1) is 14.8. The topological polar surface area (TPSA) is 117 Å². The Hall–Kier alpha value is -3.95. The van der Waals surface area contributed by atoms with E-state index in [-0.39, 0.29) is 17.0 Å². The first-order valence-corrected chi connectivity index (χ1v) is 9.73. The van der Waals surface area contributed by atoms with Gasteiger partial charge in [-0.3, -0.25) is 29.5 Å². The Balaban J connectivity index is 1.73. The molecule has 10 heteroatoms. The summed E-state index contributed by atoms with van der Waals surface area (Å²) in [7, 11) is 2.58. The standard InChI is InChI=1S/C21H20N4O6/c1-22-19(26)16(20(27)23(2)21(22)28)12-14-6-8-18(31-14)15-11-13(25(29)30)5-7-17(15)24-9-3-4-10-24/h5-8,11-12H,3-4,9-10H2,1-2H3. The zero-order chi connectivity index (χ0) is 22.3. The van der Waals surface area contributed by atoms with Crippen LogP contribution in [0.5, 0.6) is 0 Å². The predicted molar refractivity (Wildman–Crippen MR) is 111 cm³/mol. The number of carbonyl (C=O) groups is 3. The van der Waals surface area contributed by atoms with Crippen LogP contribution >= 0.6 is 0 Å². The number of hydrogen-bond acceptors (Lipinski definition) is 7. The van der Waals surface area contributed by atoms with Crippen LogP contribution in [0, 0.1) is 10.1 Å². The number of anilines is 1. The van der Waals surface area contributed by atoms with Crippen LogP contribution < -0.4 is 4.90 Å². The molecular formula is C21H20N4O6. The Labute approximate surface area is 177 Å². The van der Waals surface area contributed by atoms with Gasteiger partial charge in [0.1, 0.15) is 17.1 Å². The van der Waals surface area contributed by atoms with Crippen molar-refractivity contribution in [3.8, 4) is 11.3 Å². The van der Waals surface area contributed by atoms with Crippen LogP contribution in [0.3, 0.4) is 0 Å². The summed E-state index contributed by atoms with van der Waals surface area (Å²) >= 11 is 0. The molecule has 2 aliphatic heterocycles. The van der Waals surface area contributed by atoms with Crippen LogP contribution in [0.25, 0.3) is 17.4 Å². The summed E-state index contributed by atoms with van der Waals surface area (Å²) in [5.41, 5.74) is 1.12. The fourth-order valence-corrected chi connectivity index (χ4v) is 3.76. The highest BCUT2D eigenvalue weighted by Gasteiger charge is 2.38. The number of urea groups is 1. The van der Waals surface area contributed by atoms with Crippen LogP contribution in [-0.2, 0) is 9.59 Å². The number of amides is 4. The van der Waals surface area contributed by atoms with Crippen molar-refractivity contribution in [1.29, 1.82) is 0 Å². The number of imide groups is 2. The SMILES string of the molecule is CN1C(=O)C(=Cc2ccc(-c3cc([N+](=O)[O-])ccc3N3CCCC3)o2)C(=O)N(C)C1=O. The van der Waals surface area contributed by atoms with E-state index in [2.05, 4.69) is 4.90 Å². The highest BCUT2D eigenvalue weighted by molar-refractivity contribution is 6.30. The van der Waals surface area contributed by atoms with Crippen molar-refractivity contribution in [3.05, 3.63) is 51.8 Å². The molecule has 0 saturated carbocycles. The van der Waals surface area contributed by atoms with Gasteiger partial charge in [-0.2, -0.15) is 0 Å². The minimum Gasteiger partial charge on any atom is -0.457 e. The number of nitrogens with zero attached hydrogens (tertiary/aromatic N) is 4. The van der Waals surface area contributed by atoms with Crippen molar-refractivity contribution in [1.82, 2.24) is 9.80 Å². The smallest absolute Gasteiger partial charge is 0.333 e. The average molecular weight is 424 g/mol. The number of nitro groups is 1. The van der Waals surface area contributed by atoms with Crippen molar-refractivity contribution in [2.75, 3.05) is 32.1 Å². The van der Waals surface area contributed by atoms with E-state index >= 15 is 0 Å². The number of hydrogen-bond donors (Lipinski definition) is 0. The highest BCUT2D eigenvalue weighted by atomic mass is 16.6. The molecule has 2 saturated heterocycles. The van der Waals surface area contributed by atoms with E-state index < -0.39 is 22.8 Å². The van der Waals surface area contributed by atoms with Crippen LogP contribution in [0.1, 0.15) is 18.6 Å². The summed E-state index contributed by atoms with van der Waals surface area (Å²) in [5, 5.41) is 11.3. The van der Waals surface area contributed by atoms with Gasteiger partial charge in [-0.25, -0.2) is 4.79 Å². The molecule has 4 rings (SSSR count). The lowest BCUT2D eigenvalue weighted by Crippen LogP contribution is -2.52. The third kappa shape index (κ3) is 3.56. The highest BCUT2D eigenvalue weighted by Crippen LogP contribution is 2.37. The third-order valence-corrected chi connectivity index (χ3v) is 5.46. The maximum Gasteiger partial charge on any atom is 0.333 e. The monoisotopic (exact) mass is 424 g/mol. The van der Waals surface area contributed by atoms with Crippen LogP contribution in [0.2, 0.25) is 0 Å². The van der Waals surface area contributed by atoms with Gasteiger partial charge in [0.2, 0.25) is 0 Å². The van der Waals surface area contributed by atoms with Gasteiger partial charge in [0.15, 0.2) is 0 Å². The first kappa shape index (κ1) is 20.3.